The van der Waals surface area contributed by atoms with Crippen LogP contribution < -0.4 is 4.74 Å². The standard InChI is InChI=1S/C21H22N4O4/c1-29-17-7-3-2-5-14(17)13-18(26)24-11-8-15(9-12-24)25-20(27)16-6-4-10-22-19(16)23-21(25)28/h2-7,10,15-16H,8-9,11-13H2,1H3. The molecule has 0 spiro atoms. The number of nitrogens with zero attached hydrogens (tertiary/aromatic N) is 4. The van der Waals surface area contributed by atoms with Crippen LogP contribution in [0.1, 0.15) is 18.4 Å². The molecule has 0 saturated carbocycles. The number of fused-ring (bicyclic) bond motifs is 1. The Bertz CT molecular complexity index is 928. The second-order valence-electron chi connectivity index (χ2n) is 7.20. The Kier molecular flexibility index (Phi) is 5.24. The Hall–Kier alpha value is -3.29. The number of aliphatic imine (C=N–C) groups is 2. The monoisotopic (exact) mass is 394 g/mol. The van der Waals surface area contributed by atoms with Crippen LogP contribution in [0.15, 0.2) is 46.4 Å². The highest BCUT2D eigenvalue weighted by Gasteiger charge is 2.41. The van der Waals surface area contributed by atoms with Gasteiger partial charge < -0.3 is 9.64 Å². The van der Waals surface area contributed by atoms with Crippen molar-refractivity contribution in [2.45, 2.75) is 25.3 Å². The van der Waals surface area contributed by atoms with Crippen molar-refractivity contribution in [3.05, 3.63) is 42.0 Å². The number of amidine groups is 1. The number of carbonyl (C=O) groups is 3. The van der Waals surface area contributed by atoms with Gasteiger partial charge in [-0.1, -0.05) is 24.3 Å². The van der Waals surface area contributed by atoms with Gasteiger partial charge in [-0.05, 0) is 25.0 Å². The third-order valence-electron chi connectivity index (χ3n) is 5.51. The quantitative estimate of drug-likeness (QED) is 0.779. The molecular weight excluding hydrogens is 372 g/mol. The number of carbonyl (C=O) groups excluding carboxylic acids is 3. The minimum Gasteiger partial charge on any atom is -0.496 e. The van der Waals surface area contributed by atoms with Gasteiger partial charge >= 0.3 is 6.03 Å². The number of piperidine rings is 1. The summed E-state index contributed by atoms with van der Waals surface area (Å²) in [7, 11) is 1.59. The van der Waals surface area contributed by atoms with Crippen LogP contribution >= 0.6 is 0 Å². The summed E-state index contributed by atoms with van der Waals surface area (Å²) in [5, 5.41) is 0. The zero-order chi connectivity index (χ0) is 20.4. The maximum atomic E-state index is 12.8. The first-order valence-electron chi connectivity index (χ1n) is 9.64. The number of hydrogen-bond donors (Lipinski definition) is 0. The highest BCUT2D eigenvalue weighted by Crippen LogP contribution is 2.26. The number of benzene rings is 1. The van der Waals surface area contributed by atoms with Crippen LogP contribution in [0.4, 0.5) is 4.79 Å². The molecule has 1 aromatic carbocycles. The molecule has 1 aromatic rings. The maximum Gasteiger partial charge on any atom is 0.352 e. The Morgan fingerprint density at radius 1 is 1.21 bits per heavy atom. The molecule has 4 rings (SSSR count). The molecule has 1 saturated heterocycles. The van der Waals surface area contributed by atoms with E-state index < -0.39 is 11.9 Å². The van der Waals surface area contributed by atoms with E-state index in [0.717, 1.165) is 5.56 Å². The van der Waals surface area contributed by atoms with E-state index in [0.29, 0.717) is 31.7 Å². The largest absolute Gasteiger partial charge is 0.496 e. The van der Waals surface area contributed by atoms with Crippen LogP contribution in [-0.4, -0.2) is 65.9 Å². The van der Waals surface area contributed by atoms with Crippen molar-refractivity contribution in [2.24, 2.45) is 15.9 Å². The molecule has 0 aromatic heterocycles. The number of amides is 4. The van der Waals surface area contributed by atoms with E-state index in [1.54, 1.807) is 24.2 Å². The molecule has 8 heteroatoms. The number of para-hydroxylation sites is 1. The van der Waals surface area contributed by atoms with E-state index in [-0.39, 0.29) is 30.1 Å². The molecule has 8 nitrogen and oxygen atoms in total. The topological polar surface area (TPSA) is 91.6 Å². The Morgan fingerprint density at radius 3 is 2.72 bits per heavy atom. The zero-order valence-corrected chi connectivity index (χ0v) is 16.2. The number of hydrogen-bond acceptors (Lipinski definition) is 5. The van der Waals surface area contributed by atoms with Crippen LogP contribution in [0, 0.1) is 5.92 Å². The number of likely N-dealkylation sites (tertiary alicyclic amines) is 1. The van der Waals surface area contributed by atoms with Crippen molar-refractivity contribution in [2.75, 3.05) is 20.2 Å². The molecule has 29 heavy (non-hydrogen) atoms. The predicted octanol–water partition coefficient (Wildman–Crippen LogP) is 1.85. The summed E-state index contributed by atoms with van der Waals surface area (Å²) in [5.74, 6) is 0.0733. The Balaban J connectivity index is 1.39. The lowest BCUT2D eigenvalue weighted by Crippen LogP contribution is -2.54. The van der Waals surface area contributed by atoms with Gasteiger partial charge in [-0.2, -0.15) is 4.99 Å². The summed E-state index contributed by atoms with van der Waals surface area (Å²) in [6, 6.07) is 6.64. The van der Waals surface area contributed by atoms with Gasteiger partial charge in [0.2, 0.25) is 11.8 Å². The molecule has 3 aliphatic rings. The number of urea groups is 1. The summed E-state index contributed by atoms with van der Waals surface area (Å²) >= 11 is 0. The minimum atomic E-state index is -0.595. The van der Waals surface area contributed by atoms with Crippen LogP contribution in [0.25, 0.3) is 0 Å². The molecule has 0 radical (unpaired) electrons. The van der Waals surface area contributed by atoms with E-state index in [2.05, 4.69) is 9.98 Å². The van der Waals surface area contributed by atoms with Crippen molar-refractivity contribution in [1.29, 1.82) is 0 Å². The molecule has 0 aliphatic carbocycles. The lowest BCUT2D eigenvalue weighted by molar-refractivity contribution is -0.134. The molecule has 4 amide bonds. The van der Waals surface area contributed by atoms with Gasteiger partial charge in [0.05, 0.1) is 13.5 Å². The maximum absolute atomic E-state index is 12.8. The number of dihydropyridines is 1. The molecule has 1 unspecified atom stereocenters. The fraction of sp³-hybridized carbons (Fsp3) is 0.381. The van der Waals surface area contributed by atoms with Gasteiger partial charge in [0, 0.05) is 30.9 Å². The predicted molar refractivity (Wildman–Crippen MR) is 107 cm³/mol. The van der Waals surface area contributed by atoms with Gasteiger partial charge in [0.1, 0.15) is 17.5 Å². The molecule has 150 valence electrons. The van der Waals surface area contributed by atoms with E-state index in [9.17, 15) is 14.4 Å². The number of rotatable bonds is 4. The third kappa shape index (κ3) is 3.70. The van der Waals surface area contributed by atoms with E-state index in [1.165, 1.54) is 11.1 Å². The second kappa shape index (κ2) is 7.98. The number of ether oxygens (including phenoxy) is 1. The lowest BCUT2D eigenvalue weighted by Gasteiger charge is -2.39. The van der Waals surface area contributed by atoms with Crippen LogP contribution in [0.3, 0.4) is 0 Å². The van der Waals surface area contributed by atoms with Gasteiger partial charge in [-0.3, -0.25) is 14.5 Å². The first kappa shape index (κ1) is 19.0. The zero-order valence-electron chi connectivity index (χ0n) is 16.2. The van der Waals surface area contributed by atoms with Crippen molar-refractivity contribution < 1.29 is 19.1 Å². The molecule has 1 fully saturated rings. The summed E-state index contributed by atoms with van der Waals surface area (Å²) in [6.07, 6.45) is 6.26. The summed E-state index contributed by atoms with van der Waals surface area (Å²) in [6.45, 7) is 0.982. The van der Waals surface area contributed by atoms with Gasteiger partial charge in [-0.15, -0.1) is 0 Å². The SMILES string of the molecule is COc1ccccc1CC(=O)N1CCC(N2C(=O)N=C3N=CC=CC3C2=O)CC1. The first-order chi connectivity index (χ1) is 14.1. The minimum absolute atomic E-state index is 0.00843. The van der Waals surface area contributed by atoms with Crippen LogP contribution in [0.5, 0.6) is 5.75 Å². The Morgan fingerprint density at radius 2 is 1.97 bits per heavy atom. The number of methoxy groups -OCH3 is 1. The summed E-state index contributed by atoms with van der Waals surface area (Å²) in [5.41, 5.74) is 0.843. The van der Waals surface area contributed by atoms with Crippen LogP contribution in [0.2, 0.25) is 0 Å². The van der Waals surface area contributed by atoms with Gasteiger partial charge in [0.25, 0.3) is 0 Å². The molecule has 3 heterocycles. The Labute approximate surface area is 168 Å². The van der Waals surface area contributed by atoms with E-state index in [4.69, 9.17) is 4.74 Å². The highest BCUT2D eigenvalue weighted by atomic mass is 16.5. The molecule has 1 atom stereocenters. The first-order valence-corrected chi connectivity index (χ1v) is 9.64. The van der Waals surface area contributed by atoms with E-state index in [1.807, 2.05) is 24.3 Å². The summed E-state index contributed by atoms with van der Waals surface area (Å²) < 4.78 is 5.32. The summed E-state index contributed by atoms with van der Waals surface area (Å²) in [4.78, 5) is 49.0. The number of imide groups is 1. The molecule has 0 N–H and O–H groups in total. The number of allylic oxidation sites excluding steroid dienone is 1. The second-order valence-corrected chi connectivity index (χ2v) is 7.20. The van der Waals surface area contributed by atoms with Gasteiger partial charge in [-0.25, -0.2) is 9.79 Å². The van der Waals surface area contributed by atoms with Crippen molar-refractivity contribution in [1.82, 2.24) is 9.80 Å². The average molecular weight is 394 g/mol. The lowest BCUT2D eigenvalue weighted by atomic mass is 9.97. The fourth-order valence-electron chi connectivity index (χ4n) is 3.97. The molecule has 0 bridgehead atoms. The smallest absolute Gasteiger partial charge is 0.352 e. The normalized spacial score (nSPS) is 21.8. The molecule has 3 aliphatic heterocycles. The highest BCUT2D eigenvalue weighted by molar-refractivity contribution is 6.19. The van der Waals surface area contributed by atoms with E-state index >= 15 is 0 Å². The third-order valence-corrected chi connectivity index (χ3v) is 5.51. The molecular formula is C21H22N4O4. The van der Waals surface area contributed by atoms with Crippen LogP contribution in [-0.2, 0) is 16.0 Å². The fourth-order valence-corrected chi connectivity index (χ4v) is 3.97. The van der Waals surface area contributed by atoms with Crippen molar-refractivity contribution in [3.63, 3.8) is 0 Å². The average Bonchev–Trinajstić information content (AvgIpc) is 2.74. The van der Waals surface area contributed by atoms with Crippen molar-refractivity contribution in [3.8, 4) is 5.75 Å². The van der Waals surface area contributed by atoms with Gasteiger partial charge in [0.15, 0.2) is 0 Å². The van der Waals surface area contributed by atoms with Crippen molar-refractivity contribution >= 4 is 29.9 Å².